The van der Waals surface area contributed by atoms with E-state index >= 15 is 0 Å². The third-order valence-corrected chi connectivity index (χ3v) is 3.67. The highest BCUT2D eigenvalue weighted by atomic mass is 79.9. The molecular weight excluding hydrogens is 356 g/mol. The summed E-state index contributed by atoms with van der Waals surface area (Å²) in [6, 6.07) is 11.8. The SMILES string of the molecule is Cc1cc(C)cc(NC(=S)Nc2ccc(Br)cc2Cl)c1. The summed E-state index contributed by atoms with van der Waals surface area (Å²) in [5.74, 6) is 0. The fourth-order valence-corrected chi connectivity index (χ4v) is 2.87. The minimum atomic E-state index is 0.513. The molecule has 0 aliphatic carbocycles. The van der Waals surface area contributed by atoms with E-state index in [1.165, 1.54) is 11.1 Å². The van der Waals surface area contributed by atoms with Crippen LogP contribution in [0.2, 0.25) is 5.02 Å². The van der Waals surface area contributed by atoms with Gasteiger partial charge >= 0.3 is 0 Å². The number of nitrogens with one attached hydrogen (secondary N) is 2. The van der Waals surface area contributed by atoms with E-state index in [0.29, 0.717) is 10.1 Å². The molecule has 2 aromatic rings. The zero-order chi connectivity index (χ0) is 14.7. The standard InChI is InChI=1S/C15H14BrClN2S/c1-9-5-10(2)7-12(6-9)18-15(20)19-14-4-3-11(16)8-13(14)17/h3-8H,1-2H3,(H2,18,19,20). The van der Waals surface area contributed by atoms with Gasteiger partial charge in [0.05, 0.1) is 10.7 Å². The Bertz CT molecular complexity index is 638. The maximum Gasteiger partial charge on any atom is 0.175 e. The topological polar surface area (TPSA) is 24.1 Å². The van der Waals surface area contributed by atoms with Gasteiger partial charge in [-0.05, 0) is 67.5 Å². The molecule has 2 rings (SSSR count). The van der Waals surface area contributed by atoms with Gasteiger partial charge in [-0.1, -0.05) is 33.6 Å². The quantitative estimate of drug-likeness (QED) is 0.681. The summed E-state index contributed by atoms with van der Waals surface area (Å²) >= 11 is 14.8. The van der Waals surface area contributed by atoms with Crippen LogP contribution in [0.15, 0.2) is 40.9 Å². The molecule has 0 saturated carbocycles. The van der Waals surface area contributed by atoms with Crippen LogP contribution < -0.4 is 10.6 Å². The molecule has 0 atom stereocenters. The summed E-state index contributed by atoms with van der Waals surface area (Å²) in [5.41, 5.74) is 4.12. The largest absolute Gasteiger partial charge is 0.332 e. The van der Waals surface area contributed by atoms with Gasteiger partial charge in [0, 0.05) is 10.2 Å². The molecule has 0 aliphatic rings. The van der Waals surface area contributed by atoms with Gasteiger partial charge in [0.25, 0.3) is 0 Å². The molecule has 0 aliphatic heterocycles. The molecular formula is C15H14BrClN2S. The third-order valence-electron chi connectivity index (χ3n) is 2.66. The summed E-state index contributed by atoms with van der Waals surface area (Å²) < 4.78 is 0.932. The van der Waals surface area contributed by atoms with Crippen molar-refractivity contribution in [2.45, 2.75) is 13.8 Å². The molecule has 0 bridgehead atoms. The van der Waals surface area contributed by atoms with Crippen LogP contribution in [0.25, 0.3) is 0 Å². The number of thiocarbonyl (C=S) groups is 1. The van der Waals surface area contributed by atoms with Gasteiger partial charge in [-0.2, -0.15) is 0 Å². The Morgan fingerprint density at radius 2 is 1.70 bits per heavy atom. The zero-order valence-corrected chi connectivity index (χ0v) is 14.3. The van der Waals surface area contributed by atoms with Gasteiger partial charge < -0.3 is 10.6 Å². The second-order valence-electron chi connectivity index (χ2n) is 4.58. The summed E-state index contributed by atoms with van der Waals surface area (Å²) in [4.78, 5) is 0. The molecule has 0 fully saturated rings. The molecule has 0 amide bonds. The van der Waals surface area contributed by atoms with Crippen molar-refractivity contribution >= 4 is 56.2 Å². The lowest BCUT2D eigenvalue weighted by molar-refractivity contribution is 1.38. The van der Waals surface area contributed by atoms with E-state index in [1.807, 2.05) is 30.3 Å². The summed E-state index contributed by atoms with van der Waals surface area (Å²) in [5, 5.41) is 7.38. The first-order valence-electron chi connectivity index (χ1n) is 6.05. The van der Waals surface area contributed by atoms with Crippen molar-refractivity contribution in [3.63, 3.8) is 0 Å². The highest BCUT2D eigenvalue weighted by Crippen LogP contribution is 2.25. The van der Waals surface area contributed by atoms with Crippen LogP contribution in [-0.2, 0) is 0 Å². The van der Waals surface area contributed by atoms with Crippen LogP contribution in [0.3, 0.4) is 0 Å². The number of halogens is 2. The lowest BCUT2D eigenvalue weighted by Gasteiger charge is -2.13. The molecule has 2 aromatic carbocycles. The maximum absolute atomic E-state index is 6.15. The lowest BCUT2D eigenvalue weighted by Crippen LogP contribution is -2.19. The zero-order valence-electron chi connectivity index (χ0n) is 11.1. The van der Waals surface area contributed by atoms with Gasteiger partial charge in [-0.15, -0.1) is 0 Å². The first-order chi connectivity index (χ1) is 9.44. The van der Waals surface area contributed by atoms with Crippen LogP contribution in [-0.4, -0.2) is 5.11 Å². The van der Waals surface area contributed by atoms with Crippen molar-refractivity contribution in [1.82, 2.24) is 0 Å². The number of hydrogen-bond donors (Lipinski definition) is 2. The van der Waals surface area contributed by atoms with Crippen LogP contribution in [0.5, 0.6) is 0 Å². The highest BCUT2D eigenvalue weighted by molar-refractivity contribution is 9.10. The predicted molar refractivity (Wildman–Crippen MR) is 94.9 cm³/mol. The Morgan fingerprint density at radius 1 is 1.05 bits per heavy atom. The number of benzene rings is 2. The van der Waals surface area contributed by atoms with E-state index in [0.717, 1.165) is 15.8 Å². The van der Waals surface area contributed by atoms with Gasteiger partial charge in [0.2, 0.25) is 0 Å². The van der Waals surface area contributed by atoms with Crippen molar-refractivity contribution < 1.29 is 0 Å². The molecule has 0 unspecified atom stereocenters. The molecule has 5 heteroatoms. The van der Waals surface area contributed by atoms with Crippen LogP contribution >= 0.6 is 39.7 Å². The molecule has 0 heterocycles. The van der Waals surface area contributed by atoms with E-state index in [9.17, 15) is 0 Å². The molecule has 0 saturated heterocycles. The van der Waals surface area contributed by atoms with Crippen molar-refractivity contribution in [3.8, 4) is 0 Å². The normalized spacial score (nSPS) is 10.2. The van der Waals surface area contributed by atoms with Gasteiger partial charge in [0.15, 0.2) is 5.11 Å². The lowest BCUT2D eigenvalue weighted by atomic mass is 10.1. The molecule has 0 spiro atoms. The Morgan fingerprint density at radius 3 is 2.30 bits per heavy atom. The predicted octanol–water partition coefficient (Wildman–Crippen LogP) is 5.53. The summed E-state index contributed by atoms with van der Waals surface area (Å²) in [6.45, 7) is 4.11. The second-order valence-corrected chi connectivity index (χ2v) is 6.31. The molecule has 0 radical (unpaired) electrons. The molecule has 2 nitrogen and oxygen atoms in total. The van der Waals surface area contributed by atoms with Crippen molar-refractivity contribution in [2.24, 2.45) is 0 Å². The Hall–Kier alpha value is -1.10. The Kier molecular flexibility index (Phi) is 5.02. The van der Waals surface area contributed by atoms with E-state index in [-0.39, 0.29) is 0 Å². The fourth-order valence-electron chi connectivity index (χ4n) is 1.92. The van der Waals surface area contributed by atoms with Crippen LogP contribution in [0, 0.1) is 13.8 Å². The van der Waals surface area contributed by atoms with Crippen LogP contribution in [0.4, 0.5) is 11.4 Å². The van der Waals surface area contributed by atoms with Crippen LogP contribution in [0.1, 0.15) is 11.1 Å². The maximum atomic E-state index is 6.15. The number of rotatable bonds is 2. The third kappa shape index (κ3) is 4.20. The fraction of sp³-hybridized carbons (Fsp3) is 0.133. The van der Waals surface area contributed by atoms with E-state index < -0.39 is 0 Å². The Balaban J connectivity index is 2.09. The number of anilines is 2. The Labute approximate surface area is 137 Å². The summed E-state index contributed by atoms with van der Waals surface area (Å²) in [7, 11) is 0. The molecule has 20 heavy (non-hydrogen) atoms. The molecule has 104 valence electrons. The highest BCUT2D eigenvalue weighted by Gasteiger charge is 2.04. The smallest absolute Gasteiger partial charge is 0.175 e. The monoisotopic (exact) mass is 368 g/mol. The average Bonchev–Trinajstić information content (AvgIpc) is 2.31. The number of aryl methyl sites for hydroxylation is 2. The minimum absolute atomic E-state index is 0.513. The summed E-state index contributed by atoms with van der Waals surface area (Å²) in [6.07, 6.45) is 0. The molecule has 2 N–H and O–H groups in total. The minimum Gasteiger partial charge on any atom is -0.332 e. The molecule has 0 aromatic heterocycles. The second kappa shape index (κ2) is 6.57. The van der Waals surface area contributed by atoms with E-state index in [4.69, 9.17) is 23.8 Å². The van der Waals surface area contributed by atoms with Crippen molar-refractivity contribution in [1.29, 1.82) is 0 Å². The van der Waals surface area contributed by atoms with Gasteiger partial charge in [-0.3, -0.25) is 0 Å². The van der Waals surface area contributed by atoms with Gasteiger partial charge in [0.1, 0.15) is 0 Å². The van der Waals surface area contributed by atoms with E-state index in [1.54, 1.807) is 0 Å². The number of hydrogen-bond acceptors (Lipinski definition) is 1. The van der Waals surface area contributed by atoms with E-state index in [2.05, 4.69) is 46.5 Å². The van der Waals surface area contributed by atoms with Gasteiger partial charge in [-0.25, -0.2) is 0 Å². The first kappa shape index (κ1) is 15.3. The van der Waals surface area contributed by atoms with Crippen molar-refractivity contribution in [3.05, 3.63) is 57.0 Å². The average molecular weight is 370 g/mol. The first-order valence-corrected chi connectivity index (χ1v) is 7.63. The van der Waals surface area contributed by atoms with Crippen molar-refractivity contribution in [2.75, 3.05) is 10.6 Å².